The predicted molar refractivity (Wildman–Crippen MR) is 75.0 cm³/mol. The van der Waals surface area contributed by atoms with E-state index in [9.17, 15) is 9.18 Å². The Bertz CT molecular complexity index is 594. The minimum Gasteiger partial charge on any atom is -0.308 e. The maximum Gasteiger partial charge on any atom is 0.323 e. The molecule has 0 unspecified atom stereocenters. The number of hydrogen-bond donors (Lipinski definition) is 2. The number of amides is 2. The van der Waals surface area contributed by atoms with Crippen LogP contribution in [0.25, 0.3) is 0 Å². The topological polar surface area (TPSA) is 41.1 Å². The van der Waals surface area contributed by atoms with Gasteiger partial charge in [-0.25, -0.2) is 9.18 Å². The molecule has 2 aromatic rings. The minimum atomic E-state index is -0.352. The van der Waals surface area contributed by atoms with E-state index in [1.54, 1.807) is 0 Å². The Labute approximate surface area is 111 Å². The molecule has 3 nitrogen and oxygen atoms in total. The lowest BCUT2D eigenvalue weighted by Gasteiger charge is -2.09. The average Bonchev–Trinajstić information content (AvgIpc) is 2.37. The number of anilines is 2. The van der Waals surface area contributed by atoms with Gasteiger partial charge in [-0.2, -0.15) is 0 Å². The number of rotatable bonds is 2. The Morgan fingerprint density at radius 2 is 1.47 bits per heavy atom. The normalized spacial score (nSPS) is 10.1. The molecule has 0 spiro atoms. The number of halogens is 1. The second-order valence-corrected chi connectivity index (χ2v) is 4.39. The molecular weight excluding hydrogens is 243 g/mol. The van der Waals surface area contributed by atoms with Gasteiger partial charge in [0.1, 0.15) is 5.82 Å². The van der Waals surface area contributed by atoms with E-state index in [0.29, 0.717) is 5.69 Å². The van der Waals surface area contributed by atoms with E-state index in [1.165, 1.54) is 29.8 Å². The molecule has 4 heteroatoms. The van der Waals surface area contributed by atoms with Crippen molar-refractivity contribution in [3.8, 4) is 0 Å². The quantitative estimate of drug-likeness (QED) is 0.837. The summed E-state index contributed by atoms with van der Waals surface area (Å²) in [4.78, 5) is 11.7. The monoisotopic (exact) mass is 258 g/mol. The van der Waals surface area contributed by atoms with Gasteiger partial charge in [0, 0.05) is 11.4 Å². The van der Waals surface area contributed by atoms with E-state index in [-0.39, 0.29) is 11.8 Å². The van der Waals surface area contributed by atoms with Gasteiger partial charge in [0.05, 0.1) is 0 Å². The van der Waals surface area contributed by atoms with Crippen LogP contribution in [-0.4, -0.2) is 6.03 Å². The largest absolute Gasteiger partial charge is 0.323 e. The Morgan fingerprint density at radius 3 is 2.11 bits per heavy atom. The number of carbonyl (C=O) groups is 1. The van der Waals surface area contributed by atoms with Crippen LogP contribution in [0.5, 0.6) is 0 Å². The average molecular weight is 258 g/mol. The molecule has 0 aliphatic heterocycles. The van der Waals surface area contributed by atoms with Gasteiger partial charge in [-0.3, -0.25) is 0 Å². The zero-order valence-electron chi connectivity index (χ0n) is 10.8. The fourth-order valence-corrected chi connectivity index (χ4v) is 1.65. The Morgan fingerprint density at radius 1 is 0.895 bits per heavy atom. The van der Waals surface area contributed by atoms with E-state index >= 15 is 0 Å². The highest BCUT2D eigenvalue weighted by molar-refractivity contribution is 5.99. The van der Waals surface area contributed by atoms with E-state index in [4.69, 9.17) is 0 Å². The van der Waals surface area contributed by atoms with Crippen LogP contribution < -0.4 is 10.6 Å². The van der Waals surface area contributed by atoms with Crippen LogP contribution in [-0.2, 0) is 0 Å². The molecule has 2 aromatic carbocycles. The van der Waals surface area contributed by atoms with Crippen LogP contribution in [0.2, 0.25) is 0 Å². The number of urea groups is 1. The first-order chi connectivity index (χ1) is 9.04. The third-order valence-electron chi connectivity index (χ3n) is 2.87. The number of hydrogen-bond acceptors (Lipinski definition) is 1. The molecule has 2 N–H and O–H groups in total. The molecule has 0 bridgehead atoms. The molecule has 0 aliphatic rings. The summed E-state index contributed by atoms with van der Waals surface area (Å²) in [6.07, 6.45) is 0. The second kappa shape index (κ2) is 5.52. The molecule has 0 heterocycles. The van der Waals surface area contributed by atoms with Gasteiger partial charge in [-0.15, -0.1) is 0 Å². The molecule has 0 radical (unpaired) electrons. The lowest BCUT2D eigenvalue weighted by molar-refractivity contribution is 0.262. The number of nitrogens with one attached hydrogen (secondary N) is 2. The zero-order valence-corrected chi connectivity index (χ0v) is 10.8. The standard InChI is InChI=1S/C15H15FN2O/c1-10-3-6-14(9-11(10)2)18-15(19)17-13-7-4-12(16)5-8-13/h3-9H,1-2H3,(H2,17,18,19). The first-order valence-electron chi connectivity index (χ1n) is 5.95. The summed E-state index contributed by atoms with van der Waals surface area (Å²) in [5.74, 6) is -0.333. The first-order valence-corrected chi connectivity index (χ1v) is 5.95. The molecule has 0 atom stereocenters. The van der Waals surface area contributed by atoms with Crippen molar-refractivity contribution in [2.24, 2.45) is 0 Å². The maximum atomic E-state index is 12.7. The second-order valence-electron chi connectivity index (χ2n) is 4.39. The Balaban J connectivity index is 2.01. The van der Waals surface area contributed by atoms with Crippen LogP contribution >= 0.6 is 0 Å². The number of aryl methyl sites for hydroxylation is 2. The Kier molecular flexibility index (Phi) is 3.80. The number of benzene rings is 2. The summed E-state index contributed by atoms with van der Waals surface area (Å²) in [5.41, 5.74) is 3.55. The molecule has 98 valence electrons. The van der Waals surface area contributed by atoms with Crippen molar-refractivity contribution < 1.29 is 9.18 Å². The minimum absolute atomic E-state index is 0.333. The van der Waals surface area contributed by atoms with Gasteiger partial charge >= 0.3 is 6.03 Å². The third-order valence-corrected chi connectivity index (χ3v) is 2.87. The SMILES string of the molecule is Cc1ccc(NC(=O)Nc2ccc(F)cc2)cc1C. The van der Waals surface area contributed by atoms with Gasteiger partial charge in [-0.1, -0.05) is 6.07 Å². The van der Waals surface area contributed by atoms with Gasteiger partial charge in [0.15, 0.2) is 0 Å². The molecule has 2 rings (SSSR count). The lowest BCUT2D eigenvalue weighted by Crippen LogP contribution is -2.19. The molecule has 19 heavy (non-hydrogen) atoms. The molecule has 0 saturated heterocycles. The fourth-order valence-electron chi connectivity index (χ4n) is 1.65. The highest BCUT2D eigenvalue weighted by Crippen LogP contribution is 2.15. The highest BCUT2D eigenvalue weighted by atomic mass is 19.1. The molecule has 2 amide bonds. The van der Waals surface area contributed by atoms with Crippen molar-refractivity contribution >= 4 is 17.4 Å². The van der Waals surface area contributed by atoms with Crippen molar-refractivity contribution in [3.05, 3.63) is 59.4 Å². The molecule has 0 fully saturated rings. The summed E-state index contributed by atoms with van der Waals surface area (Å²) < 4.78 is 12.7. The summed E-state index contributed by atoms with van der Waals surface area (Å²) in [5, 5.41) is 5.36. The van der Waals surface area contributed by atoms with Gasteiger partial charge in [-0.05, 0) is 61.4 Å². The van der Waals surface area contributed by atoms with Gasteiger partial charge in [0.2, 0.25) is 0 Å². The molecule has 0 aliphatic carbocycles. The van der Waals surface area contributed by atoms with Crippen LogP contribution in [0.1, 0.15) is 11.1 Å². The smallest absolute Gasteiger partial charge is 0.308 e. The van der Waals surface area contributed by atoms with Crippen molar-refractivity contribution in [1.29, 1.82) is 0 Å². The summed E-state index contributed by atoms with van der Waals surface area (Å²) in [6.45, 7) is 4.00. The lowest BCUT2D eigenvalue weighted by atomic mass is 10.1. The Hall–Kier alpha value is -2.36. The van der Waals surface area contributed by atoms with Crippen molar-refractivity contribution in [2.45, 2.75) is 13.8 Å². The predicted octanol–water partition coefficient (Wildman–Crippen LogP) is 4.09. The summed E-state index contributed by atoms with van der Waals surface area (Å²) in [6, 6.07) is 11.0. The van der Waals surface area contributed by atoms with Crippen LogP contribution in [0, 0.1) is 19.7 Å². The third kappa shape index (κ3) is 3.55. The molecule has 0 aromatic heterocycles. The van der Waals surface area contributed by atoms with Crippen LogP contribution in [0.3, 0.4) is 0 Å². The van der Waals surface area contributed by atoms with Crippen LogP contribution in [0.4, 0.5) is 20.6 Å². The zero-order chi connectivity index (χ0) is 13.8. The van der Waals surface area contributed by atoms with Crippen molar-refractivity contribution in [2.75, 3.05) is 10.6 Å². The maximum absolute atomic E-state index is 12.7. The summed E-state index contributed by atoms with van der Waals surface area (Å²) >= 11 is 0. The number of carbonyl (C=O) groups excluding carboxylic acids is 1. The van der Waals surface area contributed by atoms with E-state index in [2.05, 4.69) is 10.6 Å². The van der Waals surface area contributed by atoms with Gasteiger partial charge in [0.25, 0.3) is 0 Å². The molecular formula is C15H15FN2O. The highest BCUT2D eigenvalue weighted by Gasteiger charge is 2.03. The fraction of sp³-hybridized carbons (Fsp3) is 0.133. The van der Waals surface area contributed by atoms with Crippen molar-refractivity contribution in [3.63, 3.8) is 0 Å². The first kappa shape index (κ1) is 13.1. The van der Waals surface area contributed by atoms with E-state index in [1.807, 2.05) is 32.0 Å². The van der Waals surface area contributed by atoms with Crippen LogP contribution in [0.15, 0.2) is 42.5 Å². The van der Waals surface area contributed by atoms with Gasteiger partial charge < -0.3 is 10.6 Å². The van der Waals surface area contributed by atoms with Crippen molar-refractivity contribution in [1.82, 2.24) is 0 Å². The van der Waals surface area contributed by atoms with E-state index in [0.717, 1.165) is 11.3 Å². The molecule has 0 saturated carbocycles. The van der Waals surface area contributed by atoms with E-state index < -0.39 is 0 Å². The summed E-state index contributed by atoms with van der Waals surface area (Å²) in [7, 11) is 0.